The van der Waals surface area contributed by atoms with Crippen molar-refractivity contribution in [3.05, 3.63) is 89.4 Å². The Morgan fingerprint density at radius 2 is 1.59 bits per heavy atom. The Morgan fingerprint density at radius 1 is 0.875 bits per heavy atom. The van der Waals surface area contributed by atoms with Crippen molar-refractivity contribution >= 4 is 17.5 Å². The molecule has 164 valence electrons. The highest BCUT2D eigenvalue weighted by molar-refractivity contribution is 5.96. The van der Waals surface area contributed by atoms with Gasteiger partial charge in [-0.15, -0.1) is 0 Å². The fraction of sp³-hybridized carbons (Fsp3) is 0.308. The van der Waals surface area contributed by atoms with Crippen LogP contribution in [0, 0.1) is 6.92 Å². The van der Waals surface area contributed by atoms with Crippen LogP contribution in [0.15, 0.2) is 71.3 Å². The number of nitrogens with zero attached hydrogens (tertiary/aromatic N) is 3. The summed E-state index contributed by atoms with van der Waals surface area (Å²) in [6, 6.07) is 19.2. The summed E-state index contributed by atoms with van der Waals surface area (Å²) in [5, 5.41) is 0. The lowest BCUT2D eigenvalue weighted by atomic mass is 9.92. The molecule has 1 saturated heterocycles. The number of amides is 2. The Balaban J connectivity index is 1.35. The lowest BCUT2D eigenvalue weighted by molar-refractivity contribution is -0.137. The van der Waals surface area contributed by atoms with Crippen LogP contribution in [0.4, 0.5) is 5.69 Å². The quantitative estimate of drug-likeness (QED) is 0.640. The highest BCUT2D eigenvalue weighted by Gasteiger charge is 2.38. The summed E-state index contributed by atoms with van der Waals surface area (Å²) in [6.45, 7) is 5.39. The second kappa shape index (κ2) is 8.54. The second-order valence-corrected chi connectivity index (χ2v) is 8.50. The Hall–Kier alpha value is -3.54. The van der Waals surface area contributed by atoms with Crippen LogP contribution in [-0.4, -0.2) is 53.8 Å². The molecule has 0 spiro atoms. The summed E-state index contributed by atoms with van der Waals surface area (Å²) in [7, 11) is 0. The number of hydrogen-bond acceptors (Lipinski definition) is 4. The van der Waals surface area contributed by atoms with Gasteiger partial charge in [0.15, 0.2) is 5.76 Å². The summed E-state index contributed by atoms with van der Waals surface area (Å²) < 4.78 is 5.36. The molecule has 6 heteroatoms. The van der Waals surface area contributed by atoms with E-state index in [0.717, 1.165) is 24.2 Å². The fourth-order valence-electron chi connectivity index (χ4n) is 4.80. The van der Waals surface area contributed by atoms with Gasteiger partial charge in [0.2, 0.25) is 5.91 Å². The van der Waals surface area contributed by atoms with Crippen molar-refractivity contribution in [2.45, 2.75) is 25.9 Å². The molecule has 2 aromatic carbocycles. The third kappa shape index (κ3) is 3.77. The van der Waals surface area contributed by atoms with Crippen molar-refractivity contribution in [1.82, 2.24) is 9.80 Å². The van der Waals surface area contributed by atoms with Crippen LogP contribution >= 0.6 is 0 Å². The molecule has 0 N–H and O–H groups in total. The number of aryl methyl sites for hydroxylation is 1. The van der Waals surface area contributed by atoms with Crippen LogP contribution in [0.25, 0.3) is 0 Å². The lowest BCUT2D eigenvalue weighted by Crippen LogP contribution is -2.57. The molecule has 0 aliphatic carbocycles. The molecule has 0 radical (unpaired) electrons. The van der Waals surface area contributed by atoms with Crippen molar-refractivity contribution < 1.29 is 14.0 Å². The number of benzene rings is 2. The van der Waals surface area contributed by atoms with Crippen molar-refractivity contribution in [3.63, 3.8) is 0 Å². The summed E-state index contributed by atoms with van der Waals surface area (Å²) in [4.78, 5) is 32.8. The Labute approximate surface area is 188 Å². The monoisotopic (exact) mass is 429 g/mol. The zero-order valence-electron chi connectivity index (χ0n) is 18.2. The SMILES string of the molecule is Cc1ccccc1N1CCN(C(=O)C2Cc3ccccc3CN2C(=O)c2ccco2)CC1. The van der Waals surface area contributed by atoms with Gasteiger partial charge in [0.25, 0.3) is 5.91 Å². The Morgan fingerprint density at radius 3 is 2.31 bits per heavy atom. The van der Waals surface area contributed by atoms with Crippen LogP contribution in [0.5, 0.6) is 0 Å². The predicted molar refractivity (Wildman–Crippen MR) is 122 cm³/mol. The zero-order chi connectivity index (χ0) is 22.1. The number of piperazine rings is 1. The molecule has 5 rings (SSSR count). The van der Waals surface area contributed by atoms with Crippen molar-refractivity contribution in [1.29, 1.82) is 0 Å². The van der Waals surface area contributed by atoms with Gasteiger partial charge < -0.3 is 19.1 Å². The largest absolute Gasteiger partial charge is 0.459 e. The van der Waals surface area contributed by atoms with Crippen LogP contribution < -0.4 is 4.90 Å². The fourth-order valence-corrected chi connectivity index (χ4v) is 4.80. The first kappa shape index (κ1) is 20.4. The van der Waals surface area contributed by atoms with Gasteiger partial charge in [-0.1, -0.05) is 42.5 Å². The summed E-state index contributed by atoms with van der Waals surface area (Å²) in [5.74, 6) is 0.0526. The first-order valence-electron chi connectivity index (χ1n) is 11.1. The minimum Gasteiger partial charge on any atom is -0.459 e. The van der Waals surface area contributed by atoms with E-state index in [2.05, 4.69) is 36.1 Å². The summed E-state index contributed by atoms with van der Waals surface area (Å²) in [6.07, 6.45) is 2.02. The van der Waals surface area contributed by atoms with Gasteiger partial charge in [0.05, 0.1) is 6.26 Å². The maximum absolute atomic E-state index is 13.6. The van der Waals surface area contributed by atoms with Gasteiger partial charge in [-0.25, -0.2) is 0 Å². The first-order chi connectivity index (χ1) is 15.6. The molecule has 0 bridgehead atoms. The molecular formula is C26H27N3O3. The van der Waals surface area contributed by atoms with Crippen LogP contribution in [0.1, 0.15) is 27.2 Å². The molecular weight excluding hydrogens is 402 g/mol. The van der Waals surface area contributed by atoms with Gasteiger partial charge in [-0.3, -0.25) is 9.59 Å². The van der Waals surface area contributed by atoms with Gasteiger partial charge >= 0.3 is 0 Å². The lowest BCUT2D eigenvalue weighted by Gasteiger charge is -2.41. The van der Waals surface area contributed by atoms with E-state index in [0.29, 0.717) is 26.1 Å². The number of carbonyl (C=O) groups excluding carboxylic acids is 2. The Bertz CT molecular complexity index is 1120. The van der Waals surface area contributed by atoms with E-state index >= 15 is 0 Å². The molecule has 3 heterocycles. The smallest absolute Gasteiger partial charge is 0.290 e. The number of rotatable bonds is 3. The molecule has 1 atom stereocenters. The summed E-state index contributed by atoms with van der Waals surface area (Å²) >= 11 is 0. The molecule has 32 heavy (non-hydrogen) atoms. The normalized spacial score (nSPS) is 18.4. The number of hydrogen-bond donors (Lipinski definition) is 0. The number of anilines is 1. The number of carbonyl (C=O) groups is 2. The molecule has 1 aromatic heterocycles. The van der Waals surface area contributed by atoms with E-state index in [9.17, 15) is 9.59 Å². The minimum atomic E-state index is -0.521. The molecule has 1 unspecified atom stereocenters. The van der Waals surface area contributed by atoms with Crippen molar-refractivity contribution in [2.24, 2.45) is 0 Å². The van der Waals surface area contributed by atoms with Gasteiger partial charge in [0.1, 0.15) is 6.04 Å². The van der Waals surface area contributed by atoms with Gasteiger partial charge in [-0.2, -0.15) is 0 Å². The molecule has 3 aromatic rings. The van der Waals surface area contributed by atoms with E-state index < -0.39 is 6.04 Å². The van der Waals surface area contributed by atoms with Gasteiger partial charge in [-0.05, 0) is 41.8 Å². The predicted octanol–water partition coefficient (Wildman–Crippen LogP) is 3.50. The first-order valence-corrected chi connectivity index (χ1v) is 11.1. The molecule has 2 aliphatic heterocycles. The van der Waals surface area contributed by atoms with Crippen LogP contribution in [-0.2, 0) is 17.8 Å². The molecule has 2 amide bonds. The third-order valence-electron chi connectivity index (χ3n) is 6.57. The molecule has 1 fully saturated rings. The molecule has 0 saturated carbocycles. The standard InChI is InChI=1S/C26H27N3O3/c1-19-7-2-5-10-22(19)27-12-14-28(15-13-27)25(30)23-17-20-8-3-4-9-21(20)18-29(23)26(31)24-11-6-16-32-24/h2-11,16,23H,12-15,17-18H2,1H3. The minimum absolute atomic E-state index is 0.0174. The van der Waals surface area contributed by atoms with E-state index in [1.165, 1.54) is 17.5 Å². The maximum atomic E-state index is 13.6. The third-order valence-corrected chi connectivity index (χ3v) is 6.57. The number of para-hydroxylation sites is 1. The average molecular weight is 430 g/mol. The second-order valence-electron chi connectivity index (χ2n) is 8.50. The van der Waals surface area contributed by atoms with Crippen LogP contribution in [0.2, 0.25) is 0 Å². The number of furan rings is 1. The average Bonchev–Trinajstić information content (AvgIpc) is 3.38. The molecule has 6 nitrogen and oxygen atoms in total. The zero-order valence-corrected chi connectivity index (χ0v) is 18.2. The highest BCUT2D eigenvalue weighted by atomic mass is 16.3. The van der Waals surface area contributed by atoms with E-state index in [1.807, 2.05) is 29.2 Å². The maximum Gasteiger partial charge on any atom is 0.290 e. The number of fused-ring (bicyclic) bond motifs is 1. The van der Waals surface area contributed by atoms with Crippen molar-refractivity contribution in [3.8, 4) is 0 Å². The van der Waals surface area contributed by atoms with Gasteiger partial charge in [0, 0.05) is 44.8 Å². The highest BCUT2D eigenvalue weighted by Crippen LogP contribution is 2.27. The van der Waals surface area contributed by atoms with E-state index in [4.69, 9.17) is 4.42 Å². The summed E-state index contributed by atoms with van der Waals surface area (Å²) in [5.41, 5.74) is 4.68. The van der Waals surface area contributed by atoms with E-state index in [-0.39, 0.29) is 17.6 Å². The van der Waals surface area contributed by atoms with E-state index in [1.54, 1.807) is 17.0 Å². The van der Waals surface area contributed by atoms with Crippen molar-refractivity contribution in [2.75, 3.05) is 31.1 Å². The molecule has 2 aliphatic rings. The van der Waals surface area contributed by atoms with Crippen LogP contribution in [0.3, 0.4) is 0 Å². The Kier molecular flexibility index (Phi) is 5.43. The topological polar surface area (TPSA) is 57.0 Å².